The van der Waals surface area contributed by atoms with Crippen molar-refractivity contribution in [1.82, 2.24) is 0 Å². The molecule has 26 heavy (non-hydrogen) atoms. The molecule has 0 unspecified atom stereocenters. The van der Waals surface area contributed by atoms with Crippen LogP contribution in [-0.2, 0) is 12.8 Å². The van der Waals surface area contributed by atoms with Gasteiger partial charge in [0.1, 0.15) is 11.6 Å². The molecule has 0 nitrogen and oxygen atoms in total. The van der Waals surface area contributed by atoms with Crippen LogP contribution in [-0.4, -0.2) is 0 Å². The highest BCUT2D eigenvalue weighted by Crippen LogP contribution is 2.29. The first-order valence-corrected chi connectivity index (χ1v) is 9.30. The van der Waals surface area contributed by atoms with E-state index in [4.69, 9.17) is 0 Å². The molecule has 0 atom stereocenters. The van der Waals surface area contributed by atoms with Crippen molar-refractivity contribution in [2.45, 2.75) is 39.5 Å². The van der Waals surface area contributed by atoms with Crippen molar-refractivity contribution in [3.05, 3.63) is 83.4 Å². The number of rotatable bonds is 6. The Bertz CT molecular complexity index is 879. The first kappa shape index (κ1) is 18.3. The zero-order chi connectivity index (χ0) is 18.5. The lowest BCUT2D eigenvalue weighted by Crippen LogP contribution is -1.92. The number of halogens is 2. The Balaban J connectivity index is 1.89. The first-order chi connectivity index (χ1) is 12.6. The van der Waals surface area contributed by atoms with Crippen molar-refractivity contribution in [3.63, 3.8) is 0 Å². The molecule has 0 heterocycles. The second-order valence-electron chi connectivity index (χ2n) is 6.70. The van der Waals surface area contributed by atoms with Crippen molar-refractivity contribution >= 4 is 0 Å². The molecule has 0 bridgehead atoms. The minimum atomic E-state index is -0.331. The monoisotopic (exact) mass is 350 g/mol. The largest absolute Gasteiger partial charge is 0.207 e. The van der Waals surface area contributed by atoms with Crippen LogP contribution in [0.2, 0.25) is 0 Å². The molecule has 0 aromatic heterocycles. The summed E-state index contributed by atoms with van der Waals surface area (Å²) >= 11 is 0. The zero-order valence-electron chi connectivity index (χ0n) is 15.4. The Morgan fingerprint density at radius 1 is 0.615 bits per heavy atom. The molecule has 0 aliphatic rings. The SMILES string of the molecule is CCCc1ccc(-c2ccc(-c3ccc(CCC)c(F)c3)c(F)c2)cc1. The van der Waals surface area contributed by atoms with Crippen LogP contribution >= 0.6 is 0 Å². The Hall–Kier alpha value is -2.48. The van der Waals surface area contributed by atoms with E-state index in [1.54, 1.807) is 18.2 Å². The molecule has 0 N–H and O–H groups in total. The van der Waals surface area contributed by atoms with E-state index in [1.807, 2.05) is 25.1 Å². The van der Waals surface area contributed by atoms with E-state index in [-0.39, 0.29) is 11.6 Å². The maximum absolute atomic E-state index is 14.7. The van der Waals surface area contributed by atoms with Gasteiger partial charge in [0, 0.05) is 5.56 Å². The van der Waals surface area contributed by atoms with Crippen molar-refractivity contribution in [3.8, 4) is 22.3 Å². The summed E-state index contributed by atoms with van der Waals surface area (Å²) in [6.45, 7) is 4.17. The molecule has 0 amide bonds. The quantitative estimate of drug-likeness (QED) is 0.441. The molecule has 3 rings (SSSR count). The maximum Gasteiger partial charge on any atom is 0.131 e. The third kappa shape index (κ3) is 4.01. The van der Waals surface area contributed by atoms with Crippen LogP contribution in [0.3, 0.4) is 0 Å². The summed E-state index contributed by atoms with van der Waals surface area (Å²) in [6.07, 6.45) is 3.74. The van der Waals surface area contributed by atoms with Crippen LogP contribution in [0.5, 0.6) is 0 Å². The molecule has 2 heteroatoms. The first-order valence-electron chi connectivity index (χ1n) is 9.30. The lowest BCUT2D eigenvalue weighted by atomic mass is 9.97. The fourth-order valence-electron chi connectivity index (χ4n) is 3.27. The Labute approximate surface area is 154 Å². The summed E-state index contributed by atoms with van der Waals surface area (Å²) in [7, 11) is 0. The number of aryl methyl sites for hydroxylation is 2. The normalized spacial score (nSPS) is 10.9. The second-order valence-corrected chi connectivity index (χ2v) is 6.70. The highest BCUT2D eigenvalue weighted by Gasteiger charge is 2.10. The molecule has 0 radical (unpaired) electrons. The van der Waals surface area contributed by atoms with Gasteiger partial charge in [-0.1, -0.05) is 75.2 Å². The van der Waals surface area contributed by atoms with Gasteiger partial charge in [0.2, 0.25) is 0 Å². The molecular formula is C24H24F2. The summed E-state index contributed by atoms with van der Waals surface area (Å²) < 4.78 is 28.9. The van der Waals surface area contributed by atoms with Crippen LogP contribution < -0.4 is 0 Å². The molecule has 3 aromatic rings. The van der Waals surface area contributed by atoms with Crippen molar-refractivity contribution < 1.29 is 8.78 Å². The van der Waals surface area contributed by atoms with Crippen LogP contribution in [0.1, 0.15) is 37.8 Å². The highest BCUT2D eigenvalue weighted by atomic mass is 19.1. The van der Waals surface area contributed by atoms with Gasteiger partial charge in [-0.15, -0.1) is 0 Å². The molecule has 0 aliphatic carbocycles. The third-order valence-electron chi connectivity index (χ3n) is 4.68. The van der Waals surface area contributed by atoms with Gasteiger partial charge in [0.15, 0.2) is 0 Å². The van der Waals surface area contributed by atoms with Crippen molar-refractivity contribution in [2.75, 3.05) is 0 Å². The summed E-state index contributed by atoms with van der Waals surface area (Å²) in [5, 5.41) is 0. The van der Waals surface area contributed by atoms with E-state index in [1.165, 1.54) is 17.7 Å². The molecule has 0 saturated heterocycles. The number of benzene rings is 3. The Morgan fingerprint density at radius 2 is 1.23 bits per heavy atom. The van der Waals surface area contributed by atoms with Crippen LogP contribution in [0, 0.1) is 11.6 Å². The average molecular weight is 350 g/mol. The third-order valence-corrected chi connectivity index (χ3v) is 4.68. The average Bonchev–Trinajstić information content (AvgIpc) is 2.64. The summed E-state index contributed by atoms with van der Waals surface area (Å²) in [6, 6.07) is 18.4. The summed E-state index contributed by atoms with van der Waals surface area (Å²) in [5.74, 6) is -0.595. The zero-order valence-corrected chi connectivity index (χ0v) is 15.4. The predicted octanol–water partition coefficient (Wildman–Crippen LogP) is 7.20. The standard InChI is InChI=1S/C24H24F2/c1-3-5-17-7-9-18(10-8-17)20-13-14-22(24(26)15-20)21-12-11-19(6-4-2)23(25)16-21/h7-16H,3-6H2,1-2H3. The Kier molecular flexibility index (Phi) is 5.82. The van der Waals surface area contributed by atoms with E-state index in [2.05, 4.69) is 19.1 Å². The van der Waals surface area contributed by atoms with Gasteiger partial charge in [0.05, 0.1) is 0 Å². The van der Waals surface area contributed by atoms with E-state index in [0.29, 0.717) is 23.1 Å². The fourth-order valence-corrected chi connectivity index (χ4v) is 3.27. The van der Waals surface area contributed by atoms with E-state index < -0.39 is 0 Å². The van der Waals surface area contributed by atoms with Crippen LogP contribution in [0.25, 0.3) is 22.3 Å². The second kappa shape index (κ2) is 8.27. The summed E-state index contributed by atoms with van der Waals surface area (Å²) in [5.41, 5.74) is 4.79. The molecular weight excluding hydrogens is 326 g/mol. The van der Waals surface area contributed by atoms with E-state index in [0.717, 1.165) is 30.4 Å². The highest BCUT2D eigenvalue weighted by molar-refractivity contribution is 5.71. The van der Waals surface area contributed by atoms with Gasteiger partial charge in [0.25, 0.3) is 0 Å². The minimum absolute atomic E-state index is 0.265. The lowest BCUT2D eigenvalue weighted by Gasteiger charge is -2.09. The molecule has 0 aliphatic heterocycles. The number of hydrogen-bond acceptors (Lipinski definition) is 0. The van der Waals surface area contributed by atoms with E-state index >= 15 is 0 Å². The lowest BCUT2D eigenvalue weighted by molar-refractivity contribution is 0.607. The predicted molar refractivity (Wildman–Crippen MR) is 105 cm³/mol. The number of hydrogen-bond donors (Lipinski definition) is 0. The van der Waals surface area contributed by atoms with Gasteiger partial charge in [-0.25, -0.2) is 8.78 Å². The van der Waals surface area contributed by atoms with Gasteiger partial charge in [-0.05, 0) is 52.8 Å². The maximum atomic E-state index is 14.7. The minimum Gasteiger partial charge on any atom is -0.207 e. The smallest absolute Gasteiger partial charge is 0.131 e. The van der Waals surface area contributed by atoms with Gasteiger partial charge < -0.3 is 0 Å². The van der Waals surface area contributed by atoms with Gasteiger partial charge >= 0.3 is 0 Å². The molecule has 0 spiro atoms. The summed E-state index contributed by atoms with van der Waals surface area (Å²) in [4.78, 5) is 0. The van der Waals surface area contributed by atoms with Crippen LogP contribution in [0.15, 0.2) is 60.7 Å². The topological polar surface area (TPSA) is 0 Å². The molecule has 0 fully saturated rings. The van der Waals surface area contributed by atoms with Crippen molar-refractivity contribution in [2.24, 2.45) is 0 Å². The van der Waals surface area contributed by atoms with Crippen LogP contribution in [0.4, 0.5) is 8.78 Å². The van der Waals surface area contributed by atoms with Gasteiger partial charge in [-0.3, -0.25) is 0 Å². The molecule has 134 valence electrons. The Morgan fingerprint density at radius 3 is 1.85 bits per heavy atom. The molecule has 0 saturated carbocycles. The molecule has 3 aromatic carbocycles. The van der Waals surface area contributed by atoms with Gasteiger partial charge in [-0.2, -0.15) is 0 Å². The van der Waals surface area contributed by atoms with E-state index in [9.17, 15) is 8.78 Å². The van der Waals surface area contributed by atoms with Crippen molar-refractivity contribution in [1.29, 1.82) is 0 Å². The fraction of sp³-hybridized carbons (Fsp3) is 0.250.